The summed E-state index contributed by atoms with van der Waals surface area (Å²) in [6.07, 6.45) is -3.79. The maximum atomic E-state index is 12.3. The highest BCUT2D eigenvalue weighted by Crippen LogP contribution is 2.29. The topological polar surface area (TPSA) is 17.1 Å². The Morgan fingerprint density at radius 1 is 1.24 bits per heavy atom. The van der Waals surface area contributed by atoms with E-state index in [1.807, 2.05) is 0 Å². The fourth-order valence-corrected chi connectivity index (χ4v) is 2.80. The fourth-order valence-electron chi connectivity index (χ4n) is 1.23. The second-order valence-electron chi connectivity index (χ2n) is 3.38. The predicted molar refractivity (Wildman–Crippen MR) is 66.9 cm³/mol. The van der Waals surface area contributed by atoms with Crippen LogP contribution in [0, 0.1) is 0 Å². The van der Waals surface area contributed by atoms with Crippen molar-refractivity contribution in [2.24, 2.45) is 0 Å². The molecule has 0 spiro atoms. The van der Waals surface area contributed by atoms with Gasteiger partial charge in [-0.2, -0.15) is 13.2 Å². The largest absolute Gasteiger partial charge is 0.416 e. The first-order valence-electron chi connectivity index (χ1n) is 4.77. The number of hydrogen-bond acceptors (Lipinski definition) is 1. The molecule has 0 aliphatic heterocycles. The molecule has 1 aromatic rings. The second-order valence-corrected chi connectivity index (χ2v) is 5.28. The highest BCUT2D eigenvalue weighted by molar-refractivity contribution is 9.10. The van der Waals surface area contributed by atoms with Gasteiger partial charge in [0.05, 0.1) is 10.4 Å². The van der Waals surface area contributed by atoms with Crippen molar-refractivity contribution >= 4 is 37.6 Å². The van der Waals surface area contributed by atoms with Gasteiger partial charge in [-0.15, -0.1) is 0 Å². The van der Waals surface area contributed by atoms with Gasteiger partial charge in [0, 0.05) is 10.9 Å². The van der Waals surface area contributed by atoms with E-state index in [4.69, 9.17) is 0 Å². The van der Waals surface area contributed by atoms with E-state index in [9.17, 15) is 18.0 Å². The van der Waals surface area contributed by atoms with E-state index in [0.29, 0.717) is 11.8 Å². The Morgan fingerprint density at radius 3 is 2.18 bits per heavy atom. The molecule has 0 fully saturated rings. The van der Waals surface area contributed by atoms with Crippen LogP contribution in [0.2, 0.25) is 0 Å². The molecule has 6 heteroatoms. The van der Waals surface area contributed by atoms with Gasteiger partial charge in [0.2, 0.25) is 0 Å². The van der Waals surface area contributed by atoms with Crippen molar-refractivity contribution in [1.82, 2.24) is 0 Å². The van der Waals surface area contributed by atoms with Gasteiger partial charge in [-0.3, -0.25) is 4.79 Å². The number of carbonyl (C=O) groups is 1. The second kappa shape index (κ2) is 6.00. The van der Waals surface area contributed by atoms with Crippen molar-refractivity contribution in [2.75, 3.05) is 5.33 Å². The minimum absolute atomic E-state index is 0.210. The van der Waals surface area contributed by atoms with Crippen LogP contribution in [0.25, 0.3) is 0 Å². The average Bonchev–Trinajstić information content (AvgIpc) is 2.27. The molecule has 94 valence electrons. The first-order chi connectivity index (χ1) is 7.86. The molecular weight excluding hydrogens is 365 g/mol. The monoisotopic (exact) mass is 372 g/mol. The summed E-state index contributed by atoms with van der Waals surface area (Å²) < 4.78 is 36.9. The van der Waals surface area contributed by atoms with E-state index in [2.05, 4.69) is 31.9 Å². The van der Waals surface area contributed by atoms with Crippen LogP contribution in [0.3, 0.4) is 0 Å². The molecule has 0 aromatic heterocycles. The molecular formula is C11H9Br2F3O. The molecule has 0 heterocycles. The lowest BCUT2D eigenvalue weighted by Crippen LogP contribution is -2.15. The first kappa shape index (κ1) is 14.7. The quantitative estimate of drug-likeness (QED) is 0.563. The highest BCUT2D eigenvalue weighted by Gasteiger charge is 2.30. The molecule has 0 N–H and O–H groups in total. The third-order valence-electron chi connectivity index (χ3n) is 2.14. The van der Waals surface area contributed by atoms with Gasteiger partial charge in [-0.1, -0.05) is 44.0 Å². The van der Waals surface area contributed by atoms with Crippen molar-refractivity contribution in [2.45, 2.75) is 17.4 Å². The number of ketones is 1. The Hall–Kier alpha value is -0.360. The van der Waals surface area contributed by atoms with E-state index < -0.39 is 11.7 Å². The van der Waals surface area contributed by atoms with E-state index in [0.717, 1.165) is 12.1 Å². The average molecular weight is 374 g/mol. The molecule has 1 aromatic carbocycles. The highest BCUT2D eigenvalue weighted by atomic mass is 79.9. The standard InChI is InChI=1S/C11H9Br2F3O/c12-6-5-9(13)10(17)7-1-3-8(4-2-7)11(14,15)16/h1-4,9H,5-6H2. The number of carbonyl (C=O) groups excluding carboxylic acids is 1. The summed E-state index contributed by atoms with van der Waals surface area (Å²) in [5.74, 6) is -0.210. The van der Waals surface area contributed by atoms with Gasteiger partial charge < -0.3 is 0 Å². The van der Waals surface area contributed by atoms with Gasteiger partial charge in [0.15, 0.2) is 5.78 Å². The maximum absolute atomic E-state index is 12.3. The summed E-state index contributed by atoms with van der Waals surface area (Å²) in [6.45, 7) is 0. The molecule has 0 amide bonds. The Labute approximate surface area is 114 Å². The van der Waals surface area contributed by atoms with Crippen LogP contribution in [-0.4, -0.2) is 15.9 Å². The third-order valence-corrected chi connectivity index (χ3v) is 3.48. The lowest BCUT2D eigenvalue weighted by molar-refractivity contribution is -0.137. The van der Waals surface area contributed by atoms with Crippen molar-refractivity contribution in [3.05, 3.63) is 35.4 Å². The summed E-state index contributed by atoms with van der Waals surface area (Å²) in [6, 6.07) is 4.24. The Kier molecular flexibility index (Phi) is 5.19. The number of hydrogen-bond donors (Lipinski definition) is 0. The summed E-state index contributed by atoms with van der Waals surface area (Å²) in [5.41, 5.74) is -0.471. The molecule has 0 aliphatic rings. The molecule has 0 saturated heterocycles. The molecule has 1 unspecified atom stereocenters. The molecule has 0 aliphatic carbocycles. The molecule has 0 bridgehead atoms. The zero-order valence-electron chi connectivity index (χ0n) is 8.60. The van der Waals surface area contributed by atoms with Crippen LogP contribution < -0.4 is 0 Å². The van der Waals surface area contributed by atoms with Crippen LogP contribution in [-0.2, 0) is 6.18 Å². The van der Waals surface area contributed by atoms with E-state index >= 15 is 0 Å². The van der Waals surface area contributed by atoms with Crippen molar-refractivity contribution in [1.29, 1.82) is 0 Å². The molecule has 17 heavy (non-hydrogen) atoms. The van der Waals surface area contributed by atoms with Crippen LogP contribution in [0.4, 0.5) is 13.2 Å². The Morgan fingerprint density at radius 2 is 1.76 bits per heavy atom. The third kappa shape index (κ3) is 4.10. The summed E-state index contributed by atoms with van der Waals surface area (Å²) >= 11 is 6.39. The smallest absolute Gasteiger partial charge is 0.293 e. The van der Waals surface area contributed by atoms with E-state index in [1.54, 1.807) is 0 Å². The van der Waals surface area contributed by atoms with Crippen molar-refractivity contribution in [3.63, 3.8) is 0 Å². The van der Waals surface area contributed by atoms with Crippen LogP contribution in [0.5, 0.6) is 0 Å². The first-order valence-corrected chi connectivity index (χ1v) is 6.81. The van der Waals surface area contributed by atoms with Gasteiger partial charge >= 0.3 is 6.18 Å². The molecule has 1 atom stereocenters. The summed E-state index contributed by atoms with van der Waals surface area (Å²) in [5, 5.41) is 0.648. The number of Topliss-reactive ketones (excluding diaryl/α,β-unsaturated/α-hetero) is 1. The summed E-state index contributed by atoms with van der Waals surface area (Å²) in [7, 11) is 0. The fraction of sp³-hybridized carbons (Fsp3) is 0.364. The predicted octanol–water partition coefficient (Wildman–Crippen LogP) is 4.44. The minimum atomic E-state index is -4.37. The minimum Gasteiger partial charge on any atom is -0.293 e. The normalized spacial score (nSPS) is 13.5. The Bertz CT molecular complexity index is 387. The number of halogens is 5. The molecule has 0 radical (unpaired) electrons. The van der Waals surface area contributed by atoms with Gasteiger partial charge in [0.1, 0.15) is 0 Å². The zero-order chi connectivity index (χ0) is 13.1. The maximum Gasteiger partial charge on any atom is 0.416 e. The van der Waals surface area contributed by atoms with E-state index in [1.165, 1.54) is 12.1 Å². The van der Waals surface area contributed by atoms with Crippen molar-refractivity contribution < 1.29 is 18.0 Å². The SMILES string of the molecule is O=C(c1ccc(C(F)(F)F)cc1)C(Br)CCBr. The Balaban J connectivity index is 2.84. The van der Waals surface area contributed by atoms with Crippen LogP contribution >= 0.6 is 31.9 Å². The van der Waals surface area contributed by atoms with Crippen LogP contribution in [0.15, 0.2) is 24.3 Å². The van der Waals surface area contributed by atoms with Gasteiger partial charge in [-0.05, 0) is 18.6 Å². The number of alkyl halides is 5. The molecule has 0 saturated carbocycles. The van der Waals surface area contributed by atoms with Gasteiger partial charge in [-0.25, -0.2) is 0 Å². The number of benzene rings is 1. The van der Waals surface area contributed by atoms with Crippen LogP contribution in [0.1, 0.15) is 22.3 Å². The van der Waals surface area contributed by atoms with Crippen molar-refractivity contribution in [3.8, 4) is 0 Å². The van der Waals surface area contributed by atoms with Gasteiger partial charge in [0.25, 0.3) is 0 Å². The molecule has 1 nitrogen and oxygen atoms in total. The zero-order valence-corrected chi connectivity index (χ0v) is 11.8. The molecule has 1 rings (SSSR count). The lowest BCUT2D eigenvalue weighted by Gasteiger charge is -2.09. The number of rotatable bonds is 4. The van der Waals surface area contributed by atoms with E-state index in [-0.39, 0.29) is 16.2 Å². The summed E-state index contributed by atoms with van der Waals surface area (Å²) in [4.78, 5) is 11.4. The lowest BCUT2D eigenvalue weighted by atomic mass is 10.0.